The maximum atomic E-state index is 12.0. The average Bonchev–Trinajstić information content (AvgIpc) is 2.82. The lowest BCUT2D eigenvalue weighted by Crippen LogP contribution is -2.54. The summed E-state index contributed by atoms with van der Waals surface area (Å²) in [7, 11) is 0. The lowest BCUT2D eigenvalue weighted by molar-refractivity contribution is -0.140. The lowest BCUT2D eigenvalue weighted by Gasteiger charge is -2.41. The molecule has 1 fully saturated rings. The number of aryl methyl sites for hydroxylation is 1. The summed E-state index contributed by atoms with van der Waals surface area (Å²) >= 11 is 0. The van der Waals surface area contributed by atoms with E-state index in [2.05, 4.69) is 15.5 Å². The van der Waals surface area contributed by atoms with Gasteiger partial charge in [0.15, 0.2) is 5.82 Å². The molecule has 0 bridgehead atoms. The van der Waals surface area contributed by atoms with Crippen LogP contribution in [0.2, 0.25) is 0 Å². The zero-order valence-electron chi connectivity index (χ0n) is 12.4. The number of nitrogens with one attached hydrogen (secondary N) is 1. The van der Waals surface area contributed by atoms with Crippen molar-refractivity contribution in [1.82, 2.24) is 15.5 Å². The Bertz CT molecular complexity index is 520. The minimum Gasteiger partial charge on any atom is -0.481 e. The van der Waals surface area contributed by atoms with E-state index in [4.69, 9.17) is 9.63 Å². The van der Waals surface area contributed by atoms with E-state index in [0.29, 0.717) is 18.1 Å². The summed E-state index contributed by atoms with van der Waals surface area (Å²) in [6, 6.07) is 0. The van der Waals surface area contributed by atoms with Crippen molar-refractivity contribution in [3.63, 3.8) is 0 Å². The molecule has 0 radical (unpaired) electrons. The van der Waals surface area contributed by atoms with Gasteiger partial charge in [-0.2, -0.15) is 4.98 Å². The molecule has 1 heterocycles. The first kappa shape index (κ1) is 15.5. The predicted octanol–water partition coefficient (Wildman–Crippen LogP) is 1.64. The van der Waals surface area contributed by atoms with E-state index in [1.54, 1.807) is 0 Å². The highest BCUT2D eigenvalue weighted by atomic mass is 16.5. The Labute approximate surface area is 123 Å². The molecule has 1 saturated carbocycles. The lowest BCUT2D eigenvalue weighted by atomic mass is 9.74. The van der Waals surface area contributed by atoms with E-state index in [-0.39, 0.29) is 24.7 Å². The Morgan fingerprint density at radius 1 is 1.43 bits per heavy atom. The van der Waals surface area contributed by atoms with E-state index in [1.807, 2.05) is 13.8 Å². The number of hydrogen-bond acceptors (Lipinski definition) is 5. The molecular weight excluding hydrogens is 274 g/mol. The average molecular weight is 295 g/mol. The normalized spacial score (nSPS) is 16.5. The topological polar surface area (TPSA) is 105 Å². The van der Waals surface area contributed by atoms with E-state index in [1.165, 1.54) is 0 Å². The largest absolute Gasteiger partial charge is 0.481 e. The fourth-order valence-corrected chi connectivity index (χ4v) is 2.42. The number of amides is 1. The summed E-state index contributed by atoms with van der Waals surface area (Å²) in [4.78, 5) is 27.0. The molecule has 0 aliphatic heterocycles. The van der Waals surface area contributed by atoms with Crippen LogP contribution in [0.4, 0.5) is 0 Å². The predicted molar refractivity (Wildman–Crippen MR) is 73.7 cm³/mol. The molecule has 7 heteroatoms. The van der Waals surface area contributed by atoms with Gasteiger partial charge in [0.25, 0.3) is 0 Å². The number of carboxylic acids is 1. The van der Waals surface area contributed by atoms with E-state index < -0.39 is 11.5 Å². The van der Waals surface area contributed by atoms with Gasteiger partial charge < -0.3 is 14.9 Å². The molecule has 0 atom stereocenters. The monoisotopic (exact) mass is 295 g/mol. The van der Waals surface area contributed by atoms with E-state index in [0.717, 1.165) is 19.3 Å². The van der Waals surface area contributed by atoms with Crippen LogP contribution in [0.1, 0.15) is 63.6 Å². The number of hydrogen-bond donors (Lipinski definition) is 2. The van der Waals surface area contributed by atoms with Crippen LogP contribution in [0, 0.1) is 0 Å². The van der Waals surface area contributed by atoms with Gasteiger partial charge in [-0.25, -0.2) is 0 Å². The number of aromatic nitrogens is 2. The number of nitrogens with zero attached hydrogens (tertiary/aromatic N) is 2. The first-order valence-electron chi connectivity index (χ1n) is 7.25. The second-order valence-electron chi connectivity index (χ2n) is 5.95. The van der Waals surface area contributed by atoms with Crippen LogP contribution in [0.3, 0.4) is 0 Å². The van der Waals surface area contributed by atoms with Crippen LogP contribution in [-0.4, -0.2) is 32.7 Å². The molecule has 1 aliphatic carbocycles. The maximum absolute atomic E-state index is 12.0. The zero-order chi connectivity index (χ0) is 15.5. The van der Waals surface area contributed by atoms with Crippen molar-refractivity contribution in [2.45, 2.75) is 63.8 Å². The van der Waals surface area contributed by atoms with Crippen LogP contribution < -0.4 is 5.32 Å². The highest BCUT2D eigenvalue weighted by Crippen LogP contribution is 2.35. The van der Waals surface area contributed by atoms with Gasteiger partial charge in [0.2, 0.25) is 11.8 Å². The molecule has 1 aromatic rings. The molecule has 0 saturated heterocycles. The van der Waals surface area contributed by atoms with Gasteiger partial charge in [-0.05, 0) is 19.3 Å². The molecule has 1 aromatic heterocycles. The van der Waals surface area contributed by atoms with Crippen molar-refractivity contribution >= 4 is 11.9 Å². The molecule has 1 amide bonds. The smallest absolute Gasteiger partial charge is 0.305 e. The molecule has 2 N–H and O–H groups in total. The van der Waals surface area contributed by atoms with Crippen molar-refractivity contribution in [2.75, 3.05) is 0 Å². The Kier molecular flexibility index (Phi) is 4.59. The standard InChI is InChI=1S/C14H21N3O4/c1-9(2)13-15-11(21-17-13)5-4-10(18)16-14(6-3-7-14)8-12(19)20/h9H,3-8H2,1-2H3,(H,16,18)(H,19,20). The van der Waals surface area contributed by atoms with Crippen molar-refractivity contribution < 1.29 is 19.2 Å². The van der Waals surface area contributed by atoms with Crippen LogP contribution in [0.5, 0.6) is 0 Å². The summed E-state index contributed by atoms with van der Waals surface area (Å²) in [6.07, 6.45) is 2.98. The number of carbonyl (C=O) groups is 2. The highest BCUT2D eigenvalue weighted by molar-refractivity contribution is 5.78. The molecular formula is C14H21N3O4. The van der Waals surface area contributed by atoms with Gasteiger partial charge in [0.05, 0.1) is 12.0 Å². The second-order valence-corrected chi connectivity index (χ2v) is 5.95. The molecule has 0 aromatic carbocycles. The van der Waals surface area contributed by atoms with Crippen LogP contribution in [0.15, 0.2) is 4.52 Å². The van der Waals surface area contributed by atoms with Crippen LogP contribution in [0.25, 0.3) is 0 Å². The summed E-state index contributed by atoms with van der Waals surface area (Å²) in [5, 5.41) is 15.6. The third kappa shape index (κ3) is 4.03. The molecule has 116 valence electrons. The van der Waals surface area contributed by atoms with E-state index >= 15 is 0 Å². The summed E-state index contributed by atoms with van der Waals surface area (Å²) in [6.45, 7) is 3.93. The van der Waals surface area contributed by atoms with Crippen molar-refractivity contribution in [3.05, 3.63) is 11.7 Å². The van der Waals surface area contributed by atoms with Crippen molar-refractivity contribution in [2.24, 2.45) is 0 Å². The minimum absolute atomic E-state index is 0.0171. The molecule has 21 heavy (non-hydrogen) atoms. The Balaban J connectivity index is 1.82. The molecule has 7 nitrogen and oxygen atoms in total. The SMILES string of the molecule is CC(C)c1noc(CCC(=O)NC2(CC(=O)O)CCC2)n1. The zero-order valence-corrected chi connectivity index (χ0v) is 12.4. The van der Waals surface area contributed by atoms with Gasteiger partial charge in [-0.15, -0.1) is 0 Å². The molecule has 0 unspecified atom stereocenters. The first-order valence-corrected chi connectivity index (χ1v) is 7.25. The minimum atomic E-state index is -0.881. The fourth-order valence-electron chi connectivity index (χ4n) is 2.42. The molecule has 0 spiro atoms. The van der Waals surface area contributed by atoms with Gasteiger partial charge in [0.1, 0.15) is 0 Å². The number of rotatable bonds is 7. The highest BCUT2D eigenvalue weighted by Gasteiger charge is 2.40. The van der Waals surface area contributed by atoms with Crippen LogP contribution in [-0.2, 0) is 16.0 Å². The first-order chi connectivity index (χ1) is 9.90. The quantitative estimate of drug-likeness (QED) is 0.792. The van der Waals surface area contributed by atoms with Gasteiger partial charge in [-0.1, -0.05) is 19.0 Å². The maximum Gasteiger partial charge on any atom is 0.305 e. The van der Waals surface area contributed by atoms with Gasteiger partial charge in [0, 0.05) is 18.8 Å². The Morgan fingerprint density at radius 3 is 2.62 bits per heavy atom. The third-order valence-electron chi connectivity index (χ3n) is 3.77. The number of aliphatic carboxylic acids is 1. The Morgan fingerprint density at radius 2 is 2.14 bits per heavy atom. The van der Waals surface area contributed by atoms with Crippen LogP contribution >= 0.6 is 0 Å². The third-order valence-corrected chi connectivity index (χ3v) is 3.77. The number of carbonyl (C=O) groups excluding carboxylic acids is 1. The van der Waals surface area contributed by atoms with Gasteiger partial charge in [-0.3, -0.25) is 9.59 Å². The number of carboxylic acid groups (broad SMARTS) is 1. The Hall–Kier alpha value is -1.92. The summed E-state index contributed by atoms with van der Waals surface area (Å²) in [5.41, 5.74) is -0.555. The summed E-state index contributed by atoms with van der Waals surface area (Å²) in [5.74, 6) is 0.209. The molecule has 2 rings (SSSR count). The fraction of sp³-hybridized carbons (Fsp3) is 0.714. The second kappa shape index (κ2) is 6.24. The van der Waals surface area contributed by atoms with E-state index in [9.17, 15) is 9.59 Å². The molecule has 1 aliphatic rings. The van der Waals surface area contributed by atoms with Crippen molar-refractivity contribution in [1.29, 1.82) is 0 Å². The van der Waals surface area contributed by atoms with Crippen molar-refractivity contribution in [3.8, 4) is 0 Å². The summed E-state index contributed by atoms with van der Waals surface area (Å²) < 4.78 is 5.08. The van der Waals surface area contributed by atoms with Gasteiger partial charge >= 0.3 is 5.97 Å².